The topological polar surface area (TPSA) is 63.7 Å². The predicted molar refractivity (Wildman–Crippen MR) is 86.3 cm³/mol. The van der Waals surface area contributed by atoms with Gasteiger partial charge in [0.1, 0.15) is 5.60 Å². The molecule has 1 aromatic carbocycles. The second kappa shape index (κ2) is 5.60. The molecule has 2 unspecified atom stereocenters. The molecule has 0 amide bonds. The molecule has 2 aliphatic rings. The number of hydrogen-bond donors (Lipinski definition) is 0. The SMILES string of the molecule is Cc1ccc(S(=O)(=O)N2CCC3CC(=O)OC(C)(C)C3C2)cc1. The summed E-state index contributed by atoms with van der Waals surface area (Å²) < 4.78 is 32.7. The maximum atomic E-state index is 12.9. The fourth-order valence-electron chi connectivity index (χ4n) is 3.70. The summed E-state index contributed by atoms with van der Waals surface area (Å²) in [5, 5.41) is 0. The summed E-state index contributed by atoms with van der Waals surface area (Å²) in [5.41, 5.74) is 0.407. The van der Waals surface area contributed by atoms with Gasteiger partial charge in [0.15, 0.2) is 0 Å². The summed E-state index contributed by atoms with van der Waals surface area (Å²) in [6, 6.07) is 6.93. The molecule has 2 heterocycles. The third-order valence-electron chi connectivity index (χ3n) is 5.08. The van der Waals surface area contributed by atoms with Crippen LogP contribution in [-0.2, 0) is 19.6 Å². The van der Waals surface area contributed by atoms with Crippen LogP contribution < -0.4 is 0 Å². The van der Waals surface area contributed by atoms with E-state index in [1.807, 2.05) is 32.9 Å². The van der Waals surface area contributed by atoms with Gasteiger partial charge in [0, 0.05) is 25.4 Å². The minimum atomic E-state index is -3.50. The molecule has 0 aromatic heterocycles. The first-order valence-electron chi connectivity index (χ1n) is 7.99. The van der Waals surface area contributed by atoms with Crippen molar-refractivity contribution < 1.29 is 17.9 Å². The van der Waals surface area contributed by atoms with Crippen LogP contribution in [0.2, 0.25) is 0 Å². The van der Waals surface area contributed by atoms with Crippen LogP contribution in [0.3, 0.4) is 0 Å². The lowest BCUT2D eigenvalue weighted by molar-refractivity contribution is -0.180. The Kier molecular flexibility index (Phi) is 4.01. The van der Waals surface area contributed by atoms with Gasteiger partial charge < -0.3 is 4.74 Å². The zero-order valence-corrected chi connectivity index (χ0v) is 14.6. The zero-order chi connectivity index (χ0) is 16.8. The van der Waals surface area contributed by atoms with Crippen molar-refractivity contribution in [3.05, 3.63) is 29.8 Å². The summed E-state index contributed by atoms with van der Waals surface area (Å²) in [6.07, 6.45) is 1.10. The summed E-state index contributed by atoms with van der Waals surface area (Å²) in [6.45, 7) is 6.55. The Labute approximate surface area is 137 Å². The number of nitrogens with zero attached hydrogens (tertiary/aromatic N) is 1. The molecule has 0 aliphatic carbocycles. The van der Waals surface area contributed by atoms with E-state index in [4.69, 9.17) is 4.74 Å². The third-order valence-corrected chi connectivity index (χ3v) is 6.96. The molecule has 5 nitrogen and oxygen atoms in total. The molecule has 2 atom stereocenters. The fraction of sp³-hybridized carbons (Fsp3) is 0.588. The summed E-state index contributed by atoms with van der Waals surface area (Å²) in [4.78, 5) is 12.0. The van der Waals surface area contributed by atoms with Crippen molar-refractivity contribution in [3.8, 4) is 0 Å². The lowest BCUT2D eigenvalue weighted by Gasteiger charge is -2.48. The zero-order valence-electron chi connectivity index (χ0n) is 13.8. The maximum Gasteiger partial charge on any atom is 0.306 e. The van der Waals surface area contributed by atoms with Gasteiger partial charge in [-0.2, -0.15) is 4.31 Å². The van der Waals surface area contributed by atoms with Gasteiger partial charge in [-0.3, -0.25) is 4.79 Å². The minimum Gasteiger partial charge on any atom is -0.459 e. The second-order valence-electron chi connectivity index (χ2n) is 7.11. The highest BCUT2D eigenvalue weighted by atomic mass is 32.2. The number of ether oxygens (including phenoxy) is 1. The Balaban J connectivity index is 1.85. The average molecular weight is 337 g/mol. The summed E-state index contributed by atoms with van der Waals surface area (Å²) in [7, 11) is -3.50. The molecule has 6 heteroatoms. The van der Waals surface area contributed by atoms with E-state index in [9.17, 15) is 13.2 Å². The Morgan fingerprint density at radius 2 is 1.87 bits per heavy atom. The number of esters is 1. The largest absolute Gasteiger partial charge is 0.459 e. The van der Waals surface area contributed by atoms with E-state index in [1.165, 1.54) is 0 Å². The molecule has 0 bridgehead atoms. The smallest absolute Gasteiger partial charge is 0.306 e. The maximum absolute atomic E-state index is 12.9. The highest BCUT2D eigenvalue weighted by Gasteiger charge is 2.48. The van der Waals surface area contributed by atoms with Crippen molar-refractivity contribution in [3.63, 3.8) is 0 Å². The first-order valence-corrected chi connectivity index (χ1v) is 9.43. The average Bonchev–Trinajstić information content (AvgIpc) is 2.46. The van der Waals surface area contributed by atoms with Crippen molar-refractivity contribution in [2.24, 2.45) is 11.8 Å². The van der Waals surface area contributed by atoms with E-state index in [2.05, 4.69) is 0 Å². The molecule has 0 radical (unpaired) electrons. The summed E-state index contributed by atoms with van der Waals surface area (Å²) in [5.74, 6) is 0.0657. The van der Waals surface area contributed by atoms with Gasteiger partial charge >= 0.3 is 5.97 Å². The van der Waals surface area contributed by atoms with Crippen molar-refractivity contribution in [2.45, 2.75) is 44.1 Å². The lowest BCUT2D eigenvalue weighted by atomic mass is 9.73. The molecule has 3 rings (SSSR count). The Morgan fingerprint density at radius 1 is 1.22 bits per heavy atom. The van der Waals surface area contributed by atoms with E-state index in [1.54, 1.807) is 16.4 Å². The molecule has 126 valence electrons. The van der Waals surface area contributed by atoms with Crippen molar-refractivity contribution in [2.75, 3.05) is 13.1 Å². The number of aryl methyl sites for hydroxylation is 1. The Morgan fingerprint density at radius 3 is 2.52 bits per heavy atom. The van der Waals surface area contributed by atoms with Crippen LogP contribution in [0.15, 0.2) is 29.2 Å². The number of sulfonamides is 1. The number of carbonyl (C=O) groups is 1. The van der Waals surface area contributed by atoms with Crippen molar-refractivity contribution in [1.29, 1.82) is 0 Å². The van der Waals surface area contributed by atoms with E-state index in [0.717, 1.165) is 5.56 Å². The van der Waals surface area contributed by atoms with Crippen LogP contribution in [0.25, 0.3) is 0 Å². The number of benzene rings is 1. The molecule has 2 fully saturated rings. The van der Waals surface area contributed by atoms with Gasteiger partial charge in [-0.1, -0.05) is 17.7 Å². The molecule has 23 heavy (non-hydrogen) atoms. The predicted octanol–water partition coefficient (Wildman–Crippen LogP) is 2.35. The molecule has 0 spiro atoms. The molecular weight excluding hydrogens is 314 g/mol. The molecule has 1 aromatic rings. The third kappa shape index (κ3) is 3.02. The van der Waals surface area contributed by atoms with Gasteiger partial charge in [0.05, 0.1) is 4.90 Å². The second-order valence-corrected chi connectivity index (χ2v) is 9.05. The molecular formula is C17H23NO4S. The van der Waals surface area contributed by atoms with E-state index in [-0.39, 0.29) is 17.8 Å². The monoisotopic (exact) mass is 337 g/mol. The lowest BCUT2D eigenvalue weighted by Crippen LogP contribution is -2.55. The number of carbonyl (C=O) groups excluding carboxylic acids is 1. The van der Waals surface area contributed by atoms with E-state index < -0.39 is 15.6 Å². The Bertz CT molecular complexity index is 709. The van der Waals surface area contributed by atoms with Crippen LogP contribution in [0.4, 0.5) is 0 Å². The van der Waals surface area contributed by atoms with Crippen molar-refractivity contribution in [1.82, 2.24) is 4.31 Å². The van der Waals surface area contributed by atoms with Gasteiger partial charge in [-0.05, 0) is 45.2 Å². The highest BCUT2D eigenvalue weighted by Crippen LogP contribution is 2.41. The van der Waals surface area contributed by atoms with Crippen LogP contribution in [0.5, 0.6) is 0 Å². The summed E-state index contributed by atoms with van der Waals surface area (Å²) >= 11 is 0. The number of cyclic esters (lactones) is 1. The van der Waals surface area contributed by atoms with Gasteiger partial charge in [-0.25, -0.2) is 8.42 Å². The quantitative estimate of drug-likeness (QED) is 0.777. The Hall–Kier alpha value is -1.40. The van der Waals surface area contributed by atoms with Crippen LogP contribution in [-0.4, -0.2) is 37.4 Å². The first-order chi connectivity index (χ1) is 10.7. The normalized spacial score (nSPS) is 28.0. The standard InChI is InChI=1S/C17H23NO4S/c1-12-4-6-14(7-5-12)23(20,21)18-9-8-13-10-16(19)22-17(2,3)15(13)11-18/h4-7,13,15H,8-11H2,1-3H3. The number of fused-ring (bicyclic) bond motifs is 1. The van der Waals surface area contributed by atoms with E-state index in [0.29, 0.717) is 30.8 Å². The highest BCUT2D eigenvalue weighted by molar-refractivity contribution is 7.89. The van der Waals surface area contributed by atoms with Crippen LogP contribution >= 0.6 is 0 Å². The van der Waals surface area contributed by atoms with Crippen LogP contribution in [0, 0.1) is 18.8 Å². The first kappa shape index (κ1) is 16.5. The fourth-order valence-corrected chi connectivity index (χ4v) is 5.19. The van der Waals surface area contributed by atoms with Crippen molar-refractivity contribution >= 4 is 16.0 Å². The van der Waals surface area contributed by atoms with Gasteiger partial charge in [-0.15, -0.1) is 0 Å². The van der Waals surface area contributed by atoms with Gasteiger partial charge in [0.25, 0.3) is 0 Å². The molecule has 0 N–H and O–H groups in total. The van der Waals surface area contributed by atoms with E-state index >= 15 is 0 Å². The number of piperidine rings is 1. The molecule has 2 saturated heterocycles. The molecule has 2 aliphatic heterocycles. The molecule has 0 saturated carbocycles. The number of hydrogen-bond acceptors (Lipinski definition) is 4. The van der Waals surface area contributed by atoms with Crippen LogP contribution in [0.1, 0.15) is 32.3 Å². The van der Waals surface area contributed by atoms with Gasteiger partial charge in [0.2, 0.25) is 10.0 Å². The minimum absolute atomic E-state index is 0.0363. The number of rotatable bonds is 2.